The zero-order valence-corrected chi connectivity index (χ0v) is 11.3. The summed E-state index contributed by atoms with van der Waals surface area (Å²) >= 11 is 3.46. The van der Waals surface area contributed by atoms with Gasteiger partial charge in [0.25, 0.3) is 0 Å². The van der Waals surface area contributed by atoms with Crippen LogP contribution in [0.3, 0.4) is 0 Å². The lowest BCUT2D eigenvalue weighted by Gasteiger charge is -2.38. The first-order valence-corrected chi connectivity index (χ1v) is 6.85. The van der Waals surface area contributed by atoms with Crippen molar-refractivity contribution in [2.24, 2.45) is 0 Å². The van der Waals surface area contributed by atoms with Crippen molar-refractivity contribution in [3.05, 3.63) is 28.7 Å². The number of anilines is 1. The molecule has 0 N–H and O–H groups in total. The predicted octanol–water partition coefficient (Wildman–Crippen LogP) is 2.79. The van der Waals surface area contributed by atoms with E-state index in [4.69, 9.17) is 9.47 Å². The number of rotatable bonds is 1. The normalized spacial score (nSPS) is 23.2. The molecule has 0 aliphatic carbocycles. The molecule has 1 spiro atoms. The number of piperidine rings is 1. The summed E-state index contributed by atoms with van der Waals surface area (Å²) in [4.78, 5) is 2.39. The molecular formula is C13H16BrNO2. The van der Waals surface area contributed by atoms with E-state index in [1.54, 1.807) is 0 Å². The van der Waals surface area contributed by atoms with E-state index < -0.39 is 0 Å². The number of ether oxygens (including phenoxy) is 2. The van der Waals surface area contributed by atoms with E-state index in [9.17, 15) is 0 Å². The maximum Gasteiger partial charge on any atom is 0.171 e. The topological polar surface area (TPSA) is 21.7 Å². The van der Waals surface area contributed by atoms with Gasteiger partial charge in [-0.25, -0.2) is 0 Å². The van der Waals surface area contributed by atoms with Gasteiger partial charge in [0, 0.05) is 36.1 Å². The molecule has 2 aliphatic rings. The fraction of sp³-hybridized carbons (Fsp3) is 0.538. The Balaban J connectivity index is 1.66. The lowest BCUT2D eigenvalue weighted by Crippen LogP contribution is -2.45. The Kier molecular flexibility index (Phi) is 3.11. The second-order valence-electron chi connectivity index (χ2n) is 4.57. The van der Waals surface area contributed by atoms with Crippen LogP contribution in [0.2, 0.25) is 0 Å². The highest BCUT2D eigenvalue weighted by Crippen LogP contribution is 2.33. The van der Waals surface area contributed by atoms with Crippen LogP contribution in [0.25, 0.3) is 0 Å². The van der Waals surface area contributed by atoms with Gasteiger partial charge in [-0.05, 0) is 24.3 Å². The summed E-state index contributed by atoms with van der Waals surface area (Å²) in [7, 11) is 0. The number of hydrogen-bond donors (Lipinski definition) is 0. The first-order chi connectivity index (χ1) is 8.27. The van der Waals surface area contributed by atoms with Crippen LogP contribution in [0.1, 0.15) is 12.8 Å². The molecule has 0 bridgehead atoms. The van der Waals surface area contributed by atoms with Crippen molar-refractivity contribution in [1.82, 2.24) is 0 Å². The zero-order chi connectivity index (χ0) is 11.7. The van der Waals surface area contributed by atoms with E-state index in [2.05, 4.69) is 45.1 Å². The Morgan fingerprint density at radius 1 is 1.00 bits per heavy atom. The summed E-state index contributed by atoms with van der Waals surface area (Å²) in [6, 6.07) is 8.47. The summed E-state index contributed by atoms with van der Waals surface area (Å²) in [5.74, 6) is -0.272. The minimum Gasteiger partial charge on any atom is -0.371 e. The Labute approximate surface area is 110 Å². The Bertz CT molecular complexity index is 377. The van der Waals surface area contributed by atoms with Gasteiger partial charge in [-0.3, -0.25) is 0 Å². The van der Waals surface area contributed by atoms with E-state index in [-0.39, 0.29) is 5.79 Å². The Morgan fingerprint density at radius 2 is 1.59 bits per heavy atom. The van der Waals surface area contributed by atoms with Crippen molar-refractivity contribution in [3.63, 3.8) is 0 Å². The van der Waals surface area contributed by atoms with Crippen LogP contribution >= 0.6 is 15.9 Å². The SMILES string of the molecule is Brc1ccc(N2CCC3(CC2)OCCO3)cc1. The van der Waals surface area contributed by atoms with Gasteiger partial charge in [-0.1, -0.05) is 15.9 Å². The molecule has 0 atom stereocenters. The van der Waals surface area contributed by atoms with E-state index >= 15 is 0 Å². The molecule has 1 aromatic carbocycles. The van der Waals surface area contributed by atoms with Gasteiger partial charge in [0.05, 0.1) is 13.2 Å². The molecule has 3 nitrogen and oxygen atoms in total. The highest BCUT2D eigenvalue weighted by Gasteiger charge is 2.39. The highest BCUT2D eigenvalue weighted by atomic mass is 79.9. The average molecular weight is 298 g/mol. The lowest BCUT2D eigenvalue weighted by molar-refractivity contribution is -0.169. The van der Waals surface area contributed by atoms with Gasteiger partial charge >= 0.3 is 0 Å². The molecule has 2 fully saturated rings. The van der Waals surface area contributed by atoms with Gasteiger partial charge in [-0.15, -0.1) is 0 Å². The summed E-state index contributed by atoms with van der Waals surface area (Å²) in [6.07, 6.45) is 1.92. The molecule has 3 rings (SSSR count). The van der Waals surface area contributed by atoms with Gasteiger partial charge < -0.3 is 14.4 Å². The van der Waals surface area contributed by atoms with E-state index in [0.29, 0.717) is 0 Å². The van der Waals surface area contributed by atoms with Crippen molar-refractivity contribution in [2.45, 2.75) is 18.6 Å². The molecule has 2 heterocycles. The molecule has 0 radical (unpaired) electrons. The molecule has 2 saturated heterocycles. The minimum absolute atomic E-state index is 0.272. The third kappa shape index (κ3) is 2.34. The maximum absolute atomic E-state index is 5.73. The van der Waals surface area contributed by atoms with Gasteiger partial charge in [0.15, 0.2) is 5.79 Å². The van der Waals surface area contributed by atoms with E-state index in [1.165, 1.54) is 5.69 Å². The number of hydrogen-bond acceptors (Lipinski definition) is 3. The van der Waals surface area contributed by atoms with Crippen molar-refractivity contribution in [2.75, 3.05) is 31.2 Å². The van der Waals surface area contributed by atoms with E-state index in [1.807, 2.05) is 0 Å². The molecule has 0 amide bonds. The average Bonchev–Trinajstić information content (AvgIpc) is 2.80. The molecule has 4 heteroatoms. The van der Waals surface area contributed by atoms with Gasteiger partial charge in [0.1, 0.15) is 0 Å². The minimum atomic E-state index is -0.272. The second-order valence-corrected chi connectivity index (χ2v) is 5.49. The number of benzene rings is 1. The van der Waals surface area contributed by atoms with Crippen molar-refractivity contribution in [1.29, 1.82) is 0 Å². The van der Waals surface area contributed by atoms with Gasteiger partial charge in [-0.2, -0.15) is 0 Å². The third-order valence-electron chi connectivity index (χ3n) is 3.53. The molecule has 0 saturated carbocycles. The second kappa shape index (κ2) is 4.59. The summed E-state index contributed by atoms with van der Waals surface area (Å²) < 4.78 is 12.6. The molecule has 0 unspecified atom stereocenters. The maximum atomic E-state index is 5.73. The quantitative estimate of drug-likeness (QED) is 0.796. The highest BCUT2D eigenvalue weighted by molar-refractivity contribution is 9.10. The van der Waals surface area contributed by atoms with Crippen LogP contribution in [0.4, 0.5) is 5.69 Å². The largest absolute Gasteiger partial charge is 0.371 e. The number of halogens is 1. The fourth-order valence-electron chi connectivity index (χ4n) is 2.54. The first kappa shape index (κ1) is 11.5. The molecule has 0 aromatic heterocycles. The van der Waals surface area contributed by atoms with Gasteiger partial charge in [0.2, 0.25) is 0 Å². The molecular weight excluding hydrogens is 282 g/mol. The lowest BCUT2D eigenvalue weighted by atomic mass is 10.0. The van der Waals surface area contributed by atoms with Crippen molar-refractivity contribution >= 4 is 21.6 Å². The molecule has 92 valence electrons. The third-order valence-corrected chi connectivity index (χ3v) is 4.06. The smallest absolute Gasteiger partial charge is 0.171 e. The fourth-order valence-corrected chi connectivity index (χ4v) is 2.81. The Hall–Kier alpha value is -0.580. The van der Waals surface area contributed by atoms with Crippen LogP contribution in [-0.4, -0.2) is 32.1 Å². The monoisotopic (exact) mass is 297 g/mol. The molecule has 17 heavy (non-hydrogen) atoms. The van der Waals surface area contributed by atoms with Crippen molar-refractivity contribution in [3.8, 4) is 0 Å². The van der Waals surface area contributed by atoms with Crippen LogP contribution in [0.5, 0.6) is 0 Å². The van der Waals surface area contributed by atoms with Crippen LogP contribution in [0.15, 0.2) is 28.7 Å². The van der Waals surface area contributed by atoms with Crippen molar-refractivity contribution < 1.29 is 9.47 Å². The zero-order valence-electron chi connectivity index (χ0n) is 9.69. The predicted molar refractivity (Wildman–Crippen MR) is 70.2 cm³/mol. The molecule has 2 aliphatic heterocycles. The van der Waals surface area contributed by atoms with E-state index in [0.717, 1.165) is 43.6 Å². The molecule has 1 aromatic rings. The summed E-state index contributed by atoms with van der Waals surface area (Å²) in [5.41, 5.74) is 1.28. The number of nitrogens with zero attached hydrogens (tertiary/aromatic N) is 1. The Morgan fingerprint density at radius 3 is 2.18 bits per heavy atom. The standard InChI is InChI=1S/C13H16BrNO2/c14-11-1-3-12(4-2-11)15-7-5-13(6-8-15)16-9-10-17-13/h1-4H,5-10H2. The van der Waals surface area contributed by atoms with Crippen LogP contribution in [-0.2, 0) is 9.47 Å². The summed E-state index contributed by atoms with van der Waals surface area (Å²) in [5, 5.41) is 0. The van der Waals surface area contributed by atoms with Crippen LogP contribution < -0.4 is 4.90 Å². The summed E-state index contributed by atoms with van der Waals surface area (Å²) in [6.45, 7) is 3.50. The van der Waals surface area contributed by atoms with Crippen LogP contribution in [0, 0.1) is 0 Å². The first-order valence-electron chi connectivity index (χ1n) is 6.06.